The Balaban J connectivity index is 1.75. The van der Waals surface area contributed by atoms with Gasteiger partial charge in [0.15, 0.2) is 0 Å². The molecule has 1 N–H and O–H groups in total. The molecular weight excluding hydrogens is 312 g/mol. The first-order valence-electron chi connectivity index (χ1n) is 9.51. The van der Waals surface area contributed by atoms with Crippen molar-refractivity contribution < 1.29 is 9.59 Å². The summed E-state index contributed by atoms with van der Waals surface area (Å²) in [7, 11) is 0. The molecule has 1 aromatic carbocycles. The Hall–Kier alpha value is -1.84. The topological polar surface area (TPSA) is 49.4 Å². The molecule has 0 aliphatic carbocycles. The molecule has 1 saturated heterocycles. The lowest BCUT2D eigenvalue weighted by atomic mass is 9.96. The van der Waals surface area contributed by atoms with Gasteiger partial charge in [0.1, 0.15) is 0 Å². The number of rotatable bonds is 6. The molecule has 138 valence electrons. The van der Waals surface area contributed by atoms with Crippen LogP contribution < -0.4 is 5.32 Å². The van der Waals surface area contributed by atoms with Crippen molar-refractivity contribution >= 4 is 11.8 Å². The minimum absolute atomic E-state index is 0.000407. The average Bonchev–Trinajstić information content (AvgIpc) is 2.59. The van der Waals surface area contributed by atoms with Gasteiger partial charge in [-0.25, -0.2) is 0 Å². The molecule has 1 aromatic rings. The molecule has 2 rings (SSSR count). The molecule has 4 nitrogen and oxygen atoms in total. The number of nitrogens with one attached hydrogen (secondary N) is 1. The van der Waals surface area contributed by atoms with Crippen molar-refractivity contribution in [1.82, 2.24) is 10.2 Å². The van der Waals surface area contributed by atoms with Crippen LogP contribution in [-0.2, 0) is 16.0 Å². The molecule has 1 atom stereocenters. The second-order valence-electron chi connectivity index (χ2n) is 7.60. The largest absolute Gasteiger partial charge is 0.356 e. The van der Waals surface area contributed by atoms with E-state index < -0.39 is 0 Å². The molecule has 0 spiro atoms. The van der Waals surface area contributed by atoms with Crippen LogP contribution in [0.15, 0.2) is 18.2 Å². The maximum atomic E-state index is 12.4. The van der Waals surface area contributed by atoms with Crippen LogP contribution in [0, 0.1) is 25.7 Å². The molecule has 25 heavy (non-hydrogen) atoms. The number of likely N-dealkylation sites (tertiary alicyclic amines) is 1. The minimum atomic E-state index is -0.0578. The van der Waals surface area contributed by atoms with E-state index in [1.807, 2.05) is 18.7 Å². The standard InChI is InChI=1S/C21H32N2O2/c1-15(2)21(25)23-12-6-8-19(14-23)20(24)22-11-5-7-18-10-9-16(3)13-17(18)4/h9-10,13,15,19H,5-8,11-12,14H2,1-4H3,(H,22,24)/t19-/m1/s1. The summed E-state index contributed by atoms with van der Waals surface area (Å²) in [6.45, 7) is 10.1. The van der Waals surface area contributed by atoms with Gasteiger partial charge in [-0.05, 0) is 50.7 Å². The molecular formula is C21H32N2O2. The Morgan fingerprint density at radius 2 is 2.04 bits per heavy atom. The Kier molecular flexibility index (Phi) is 7.03. The van der Waals surface area contributed by atoms with E-state index >= 15 is 0 Å². The fraction of sp³-hybridized carbons (Fsp3) is 0.619. The maximum absolute atomic E-state index is 12.4. The highest BCUT2D eigenvalue weighted by Gasteiger charge is 2.28. The summed E-state index contributed by atoms with van der Waals surface area (Å²) >= 11 is 0. The zero-order valence-electron chi connectivity index (χ0n) is 16.1. The summed E-state index contributed by atoms with van der Waals surface area (Å²) in [6, 6.07) is 6.53. The Morgan fingerprint density at radius 1 is 1.28 bits per heavy atom. The zero-order chi connectivity index (χ0) is 18.4. The molecule has 4 heteroatoms. The quantitative estimate of drug-likeness (QED) is 0.806. The third-order valence-corrected chi connectivity index (χ3v) is 5.02. The Morgan fingerprint density at radius 3 is 2.72 bits per heavy atom. The molecule has 1 fully saturated rings. The lowest BCUT2D eigenvalue weighted by Gasteiger charge is -2.33. The summed E-state index contributed by atoms with van der Waals surface area (Å²) in [5.41, 5.74) is 3.96. The second-order valence-corrected chi connectivity index (χ2v) is 7.60. The highest BCUT2D eigenvalue weighted by molar-refractivity contribution is 5.82. The van der Waals surface area contributed by atoms with Gasteiger partial charge < -0.3 is 10.2 Å². The third kappa shape index (κ3) is 5.58. The highest BCUT2D eigenvalue weighted by Crippen LogP contribution is 2.18. The zero-order valence-corrected chi connectivity index (χ0v) is 16.1. The second kappa shape index (κ2) is 9.02. The van der Waals surface area contributed by atoms with Crippen molar-refractivity contribution in [2.75, 3.05) is 19.6 Å². The summed E-state index contributed by atoms with van der Waals surface area (Å²) in [4.78, 5) is 26.4. The van der Waals surface area contributed by atoms with Crippen molar-refractivity contribution in [2.24, 2.45) is 11.8 Å². The molecule has 1 aliphatic rings. The van der Waals surface area contributed by atoms with E-state index in [9.17, 15) is 9.59 Å². The number of carbonyl (C=O) groups excluding carboxylic acids is 2. The number of nitrogens with zero attached hydrogens (tertiary/aromatic N) is 1. The van der Waals surface area contributed by atoms with E-state index in [1.165, 1.54) is 16.7 Å². The van der Waals surface area contributed by atoms with Crippen LogP contribution >= 0.6 is 0 Å². The van der Waals surface area contributed by atoms with Gasteiger partial charge in [-0.2, -0.15) is 0 Å². The van der Waals surface area contributed by atoms with Crippen LogP contribution in [0.3, 0.4) is 0 Å². The van der Waals surface area contributed by atoms with Crippen LogP contribution in [0.1, 0.15) is 49.8 Å². The van der Waals surface area contributed by atoms with Gasteiger partial charge in [0, 0.05) is 25.6 Å². The van der Waals surface area contributed by atoms with Crippen molar-refractivity contribution in [2.45, 2.75) is 53.4 Å². The van der Waals surface area contributed by atoms with Gasteiger partial charge in [0.25, 0.3) is 0 Å². The first-order chi connectivity index (χ1) is 11.9. The third-order valence-electron chi connectivity index (χ3n) is 5.02. The number of carbonyl (C=O) groups is 2. The number of hydrogen-bond acceptors (Lipinski definition) is 2. The molecule has 0 unspecified atom stereocenters. The summed E-state index contributed by atoms with van der Waals surface area (Å²) in [6.07, 6.45) is 3.72. The SMILES string of the molecule is Cc1ccc(CCCNC(=O)[C@@H]2CCCN(C(=O)C(C)C)C2)c(C)c1. The fourth-order valence-corrected chi connectivity index (χ4v) is 3.52. The van der Waals surface area contributed by atoms with E-state index in [0.29, 0.717) is 13.1 Å². The summed E-state index contributed by atoms with van der Waals surface area (Å²) in [5.74, 6) is 0.200. The number of benzene rings is 1. The molecule has 0 saturated carbocycles. The normalized spacial score (nSPS) is 17.6. The summed E-state index contributed by atoms with van der Waals surface area (Å²) in [5, 5.41) is 3.07. The molecule has 1 aliphatic heterocycles. The van der Waals surface area contributed by atoms with E-state index in [0.717, 1.165) is 32.2 Å². The molecule has 0 aromatic heterocycles. The van der Waals surface area contributed by atoms with Crippen molar-refractivity contribution in [1.29, 1.82) is 0 Å². The number of hydrogen-bond donors (Lipinski definition) is 1. The lowest BCUT2D eigenvalue weighted by Crippen LogP contribution is -2.46. The van der Waals surface area contributed by atoms with Crippen molar-refractivity contribution in [3.8, 4) is 0 Å². The minimum Gasteiger partial charge on any atom is -0.356 e. The van der Waals surface area contributed by atoms with Crippen molar-refractivity contribution in [3.05, 3.63) is 34.9 Å². The fourth-order valence-electron chi connectivity index (χ4n) is 3.52. The lowest BCUT2D eigenvalue weighted by molar-refractivity contribution is -0.138. The van der Waals surface area contributed by atoms with Crippen LogP contribution in [0.5, 0.6) is 0 Å². The number of aryl methyl sites for hydroxylation is 3. The van der Waals surface area contributed by atoms with Gasteiger partial charge in [-0.1, -0.05) is 37.6 Å². The van der Waals surface area contributed by atoms with Crippen LogP contribution in [0.25, 0.3) is 0 Å². The molecule has 2 amide bonds. The van der Waals surface area contributed by atoms with Crippen LogP contribution in [0.2, 0.25) is 0 Å². The maximum Gasteiger partial charge on any atom is 0.225 e. The van der Waals surface area contributed by atoms with Gasteiger partial charge >= 0.3 is 0 Å². The van der Waals surface area contributed by atoms with Gasteiger partial charge in [0.2, 0.25) is 11.8 Å². The molecule has 0 radical (unpaired) electrons. The van der Waals surface area contributed by atoms with Gasteiger partial charge in [0.05, 0.1) is 5.92 Å². The number of amides is 2. The summed E-state index contributed by atoms with van der Waals surface area (Å²) < 4.78 is 0. The van der Waals surface area contributed by atoms with Crippen molar-refractivity contribution in [3.63, 3.8) is 0 Å². The van der Waals surface area contributed by atoms with E-state index in [4.69, 9.17) is 0 Å². The Bertz CT molecular complexity index is 610. The van der Waals surface area contributed by atoms with Gasteiger partial charge in [-0.15, -0.1) is 0 Å². The van der Waals surface area contributed by atoms with Crippen LogP contribution in [-0.4, -0.2) is 36.3 Å². The smallest absolute Gasteiger partial charge is 0.225 e. The van der Waals surface area contributed by atoms with Crippen LogP contribution in [0.4, 0.5) is 0 Å². The van der Waals surface area contributed by atoms with E-state index in [1.54, 1.807) is 0 Å². The predicted octanol–water partition coefficient (Wildman–Crippen LogP) is 3.25. The average molecular weight is 344 g/mol. The predicted molar refractivity (Wildman–Crippen MR) is 101 cm³/mol. The van der Waals surface area contributed by atoms with E-state index in [2.05, 4.69) is 37.4 Å². The van der Waals surface area contributed by atoms with E-state index in [-0.39, 0.29) is 23.7 Å². The first kappa shape index (κ1) is 19.5. The van der Waals surface area contributed by atoms with Gasteiger partial charge in [-0.3, -0.25) is 9.59 Å². The first-order valence-corrected chi connectivity index (χ1v) is 9.51. The highest BCUT2D eigenvalue weighted by atomic mass is 16.2. The number of piperidine rings is 1. The molecule has 1 heterocycles. The monoisotopic (exact) mass is 344 g/mol. The Labute approximate surface area is 152 Å². The molecule has 0 bridgehead atoms.